The van der Waals surface area contributed by atoms with Crippen molar-refractivity contribution >= 4 is 29.3 Å². The lowest BCUT2D eigenvalue weighted by atomic mass is 10.2. The molecule has 0 fully saturated rings. The van der Waals surface area contributed by atoms with Gasteiger partial charge in [-0.05, 0) is 55.5 Å². The summed E-state index contributed by atoms with van der Waals surface area (Å²) in [6.45, 7) is 1.86. The summed E-state index contributed by atoms with van der Waals surface area (Å²) in [5, 5.41) is 9.73. The summed E-state index contributed by atoms with van der Waals surface area (Å²) in [5.41, 5.74) is 1.76. The zero-order valence-electron chi connectivity index (χ0n) is 16.1. The standard InChI is InChI=1S/C20H21ClN4O2S/c1-13(19(26)24(2)3)28-20-23-22-18(14-5-11-17(27-4)12-6-14)25(20)16-9-7-15(21)8-10-16/h5-13H,1-4H3. The summed E-state index contributed by atoms with van der Waals surface area (Å²) in [4.78, 5) is 13.9. The first-order valence-electron chi connectivity index (χ1n) is 8.64. The van der Waals surface area contributed by atoms with E-state index in [0.29, 0.717) is 16.0 Å². The van der Waals surface area contributed by atoms with Crippen LogP contribution in [-0.4, -0.2) is 52.0 Å². The van der Waals surface area contributed by atoms with Gasteiger partial charge in [-0.3, -0.25) is 9.36 Å². The Balaban J connectivity index is 2.06. The third kappa shape index (κ3) is 4.31. The van der Waals surface area contributed by atoms with Gasteiger partial charge in [-0.15, -0.1) is 10.2 Å². The van der Waals surface area contributed by atoms with Crippen LogP contribution in [0.5, 0.6) is 5.75 Å². The molecule has 0 aliphatic heterocycles. The lowest BCUT2D eigenvalue weighted by Crippen LogP contribution is -2.29. The molecule has 1 unspecified atom stereocenters. The Bertz CT molecular complexity index is 955. The Labute approximate surface area is 173 Å². The fourth-order valence-corrected chi connectivity index (χ4v) is 3.81. The zero-order valence-corrected chi connectivity index (χ0v) is 17.7. The van der Waals surface area contributed by atoms with Crippen LogP contribution in [0.1, 0.15) is 6.92 Å². The molecule has 0 N–H and O–H groups in total. The molecule has 8 heteroatoms. The Morgan fingerprint density at radius 3 is 2.32 bits per heavy atom. The Morgan fingerprint density at radius 2 is 1.75 bits per heavy atom. The van der Waals surface area contributed by atoms with Crippen molar-refractivity contribution in [2.45, 2.75) is 17.3 Å². The Hall–Kier alpha value is -2.51. The SMILES string of the molecule is COc1ccc(-c2nnc(SC(C)C(=O)N(C)C)n2-c2ccc(Cl)cc2)cc1. The molecule has 0 saturated carbocycles. The van der Waals surface area contributed by atoms with Crippen LogP contribution in [-0.2, 0) is 4.79 Å². The molecule has 0 aliphatic rings. The maximum absolute atomic E-state index is 12.3. The topological polar surface area (TPSA) is 60.3 Å². The quantitative estimate of drug-likeness (QED) is 0.564. The summed E-state index contributed by atoms with van der Waals surface area (Å²) in [6.07, 6.45) is 0. The van der Waals surface area contributed by atoms with E-state index in [1.807, 2.05) is 60.0 Å². The van der Waals surface area contributed by atoms with Crippen molar-refractivity contribution in [1.29, 1.82) is 0 Å². The van der Waals surface area contributed by atoms with E-state index in [-0.39, 0.29) is 11.2 Å². The minimum atomic E-state index is -0.297. The molecule has 1 amide bonds. The number of carbonyl (C=O) groups is 1. The lowest BCUT2D eigenvalue weighted by molar-refractivity contribution is -0.127. The zero-order chi connectivity index (χ0) is 20.3. The van der Waals surface area contributed by atoms with Crippen LogP contribution in [0.2, 0.25) is 5.02 Å². The molecule has 28 heavy (non-hydrogen) atoms. The maximum atomic E-state index is 12.3. The van der Waals surface area contributed by atoms with Gasteiger partial charge in [0.2, 0.25) is 5.91 Å². The van der Waals surface area contributed by atoms with Crippen molar-refractivity contribution in [3.63, 3.8) is 0 Å². The summed E-state index contributed by atoms with van der Waals surface area (Å²) >= 11 is 7.42. The van der Waals surface area contributed by atoms with E-state index in [1.54, 1.807) is 26.1 Å². The number of benzene rings is 2. The van der Waals surface area contributed by atoms with Crippen molar-refractivity contribution in [1.82, 2.24) is 19.7 Å². The van der Waals surface area contributed by atoms with E-state index in [2.05, 4.69) is 10.2 Å². The number of halogens is 1. The van der Waals surface area contributed by atoms with Crippen LogP contribution in [0.15, 0.2) is 53.7 Å². The molecule has 0 spiro atoms. The van der Waals surface area contributed by atoms with E-state index >= 15 is 0 Å². The molecule has 1 atom stereocenters. The molecule has 0 saturated heterocycles. The van der Waals surface area contributed by atoms with Gasteiger partial charge in [0.1, 0.15) is 5.75 Å². The van der Waals surface area contributed by atoms with Crippen molar-refractivity contribution in [3.05, 3.63) is 53.6 Å². The lowest BCUT2D eigenvalue weighted by Gasteiger charge is -2.17. The number of rotatable bonds is 6. The Kier molecular flexibility index (Phi) is 6.26. The van der Waals surface area contributed by atoms with Crippen molar-refractivity contribution in [2.24, 2.45) is 0 Å². The highest BCUT2D eigenvalue weighted by atomic mass is 35.5. The van der Waals surface area contributed by atoms with Gasteiger partial charge in [0, 0.05) is 30.4 Å². The van der Waals surface area contributed by atoms with Gasteiger partial charge in [0.25, 0.3) is 0 Å². The average molecular weight is 417 g/mol. The van der Waals surface area contributed by atoms with E-state index in [1.165, 1.54) is 11.8 Å². The molecule has 2 aromatic carbocycles. The van der Waals surface area contributed by atoms with Crippen molar-refractivity contribution in [3.8, 4) is 22.8 Å². The van der Waals surface area contributed by atoms with Crippen LogP contribution in [0.4, 0.5) is 0 Å². The highest BCUT2D eigenvalue weighted by molar-refractivity contribution is 8.00. The third-order valence-corrected chi connectivity index (χ3v) is 5.42. The smallest absolute Gasteiger partial charge is 0.235 e. The summed E-state index contributed by atoms with van der Waals surface area (Å²) in [5.74, 6) is 1.46. The number of hydrogen-bond donors (Lipinski definition) is 0. The molecule has 3 aromatic rings. The predicted octanol–water partition coefficient (Wildman–Crippen LogP) is 4.17. The maximum Gasteiger partial charge on any atom is 0.235 e. The predicted molar refractivity (Wildman–Crippen MR) is 112 cm³/mol. The van der Waals surface area contributed by atoms with Crippen LogP contribution in [0.25, 0.3) is 17.1 Å². The van der Waals surface area contributed by atoms with Gasteiger partial charge in [-0.1, -0.05) is 23.4 Å². The molecule has 6 nitrogen and oxygen atoms in total. The average Bonchev–Trinajstić information content (AvgIpc) is 3.11. The fraction of sp³-hybridized carbons (Fsp3) is 0.250. The third-order valence-electron chi connectivity index (χ3n) is 4.14. The normalized spacial score (nSPS) is 11.9. The second-order valence-corrected chi connectivity index (χ2v) is 8.08. The minimum absolute atomic E-state index is 0.0154. The Morgan fingerprint density at radius 1 is 1.11 bits per heavy atom. The largest absolute Gasteiger partial charge is 0.497 e. The second-order valence-electron chi connectivity index (χ2n) is 6.34. The monoisotopic (exact) mass is 416 g/mol. The number of hydrogen-bond acceptors (Lipinski definition) is 5. The van der Waals surface area contributed by atoms with Crippen LogP contribution in [0, 0.1) is 0 Å². The highest BCUT2D eigenvalue weighted by Crippen LogP contribution is 2.31. The second kappa shape index (κ2) is 8.67. The summed E-state index contributed by atoms with van der Waals surface area (Å²) in [6, 6.07) is 15.1. The minimum Gasteiger partial charge on any atom is -0.497 e. The van der Waals surface area contributed by atoms with Gasteiger partial charge in [-0.2, -0.15) is 0 Å². The van der Waals surface area contributed by atoms with Crippen molar-refractivity contribution < 1.29 is 9.53 Å². The molecule has 0 radical (unpaired) electrons. The number of carbonyl (C=O) groups excluding carboxylic acids is 1. The molecular formula is C20H21ClN4O2S. The molecule has 146 valence electrons. The number of thioether (sulfide) groups is 1. The van der Waals surface area contributed by atoms with Gasteiger partial charge in [0.15, 0.2) is 11.0 Å². The van der Waals surface area contributed by atoms with Crippen molar-refractivity contribution in [2.75, 3.05) is 21.2 Å². The number of methoxy groups -OCH3 is 1. The van der Waals surface area contributed by atoms with E-state index in [0.717, 1.165) is 17.0 Å². The van der Waals surface area contributed by atoms with E-state index < -0.39 is 0 Å². The van der Waals surface area contributed by atoms with Gasteiger partial charge >= 0.3 is 0 Å². The summed E-state index contributed by atoms with van der Waals surface area (Å²) < 4.78 is 7.17. The first-order valence-corrected chi connectivity index (χ1v) is 9.90. The highest BCUT2D eigenvalue weighted by Gasteiger charge is 2.22. The van der Waals surface area contributed by atoms with Gasteiger partial charge in [0.05, 0.1) is 12.4 Å². The van der Waals surface area contributed by atoms with Crippen LogP contribution in [0.3, 0.4) is 0 Å². The first-order chi connectivity index (χ1) is 13.4. The van der Waals surface area contributed by atoms with E-state index in [4.69, 9.17) is 16.3 Å². The van der Waals surface area contributed by atoms with Gasteiger partial charge in [-0.25, -0.2) is 0 Å². The van der Waals surface area contributed by atoms with Crippen LogP contribution >= 0.6 is 23.4 Å². The fourth-order valence-electron chi connectivity index (χ4n) is 2.67. The van der Waals surface area contributed by atoms with Crippen LogP contribution < -0.4 is 4.74 Å². The number of nitrogens with zero attached hydrogens (tertiary/aromatic N) is 4. The van der Waals surface area contributed by atoms with Gasteiger partial charge < -0.3 is 9.64 Å². The number of ether oxygens (including phenoxy) is 1. The number of amides is 1. The number of aromatic nitrogens is 3. The molecular weight excluding hydrogens is 396 g/mol. The van der Waals surface area contributed by atoms with E-state index in [9.17, 15) is 4.79 Å². The molecule has 0 bridgehead atoms. The summed E-state index contributed by atoms with van der Waals surface area (Å²) in [7, 11) is 5.11. The molecule has 0 aliphatic carbocycles. The first kappa shape index (κ1) is 20.2. The molecule has 3 rings (SSSR count). The molecule has 1 aromatic heterocycles. The molecule has 1 heterocycles.